The van der Waals surface area contributed by atoms with Crippen molar-refractivity contribution in [3.63, 3.8) is 0 Å². The van der Waals surface area contributed by atoms with Gasteiger partial charge in [0.1, 0.15) is 10.9 Å². The zero-order valence-corrected chi connectivity index (χ0v) is 16.2. The molecule has 3 aromatic rings. The SMILES string of the molecule is CCOC(=O)C(CC)n1cnc2scc(-c3ccc(C)cc3C)c2c1=O. The molecule has 0 bridgehead atoms. The Balaban J connectivity index is 2.20. The van der Waals surface area contributed by atoms with E-state index in [9.17, 15) is 9.59 Å². The van der Waals surface area contributed by atoms with Gasteiger partial charge in [-0.25, -0.2) is 9.78 Å². The highest BCUT2D eigenvalue weighted by atomic mass is 32.1. The lowest BCUT2D eigenvalue weighted by atomic mass is 9.99. The summed E-state index contributed by atoms with van der Waals surface area (Å²) in [5.74, 6) is -0.401. The molecule has 1 aromatic carbocycles. The van der Waals surface area contributed by atoms with Crippen LogP contribution in [0.5, 0.6) is 0 Å². The van der Waals surface area contributed by atoms with Gasteiger partial charge < -0.3 is 4.74 Å². The van der Waals surface area contributed by atoms with Gasteiger partial charge in [0.05, 0.1) is 18.3 Å². The molecule has 1 unspecified atom stereocenters. The molecule has 0 aliphatic carbocycles. The first-order chi connectivity index (χ1) is 12.5. The molecule has 136 valence electrons. The second-order valence-corrected chi connectivity index (χ2v) is 7.14. The first-order valence-corrected chi connectivity index (χ1v) is 9.58. The molecule has 0 amide bonds. The molecule has 0 fully saturated rings. The van der Waals surface area contributed by atoms with Crippen molar-refractivity contribution in [2.24, 2.45) is 0 Å². The Bertz CT molecular complexity index is 1020. The largest absolute Gasteiger partial charge is 0.464 e. The Morgan fingerprint density at radius 1 is 1.27 bits per heavy atom. The summed E-state index contributed by atoms with van der Waals surface area (Å²) in [6.07, 6.45) is 1.92. The normalized spacial score (nSPS) is 12.3. The van der Waals surface area contributed by atoms with Crippen molar-refractivity contribution in [3.8, 4) is 11.1 Å². The smallest absolute Gasteiger partial charge is 0.329 e. The van der Waals surface area contributed by atoms with E-state index in [0.29, 0.717) is 16.6 Å². The fourth-order valence-electron chi connectivity index (χ4n) is 3.20. The lowest BCUT2D eigenvalue weighted by Gasteiger charge is -2.16. The number of aryl methyl sites for hydroxylation is 2. The molecule has 2 heterocycles. The highest BCUT2D eigenvalue weighted by molar-refractivity contribution is 7.17. The van der Waals surface area contributed by atoms with Crippen molar-refractivity contribution in [2.75, 3.05) is 6.61 Å². The van der Waals surface area contributed by atoms with Gasteiger partial charge in [-0.05, 0) is 38.3 Å². The molecule has 0 N–H and O–H groups in total. The van der Waals surface area contributed by atoms with Crippen LogP contribution in [0.3, 0.4) is 0 Å². The van der Waals surface area contributed by atoms with Crippen molar-refractivity contribution in [3.05, 3.63) is 51.4 Å². The number of benzene rings is 1. The van der Waals surface area contributed by atoms with Crippen LogP contribution in [0.15, 0.2) is 34.7 Å². The highest BCUT2D eigenvalue weighted by Crippen LogP contribution is 2.33. The molecule has 1 atom stereocenters. The van der Waals surface area contributed by atoms with E-state index in [1.165, 1.54) is 27.8 Å². The average molecular weight is 370 g/mol. The first kappa shape index (κ1) is 18.3. The van der Waals surface area contributed by atoms with Gasteiger partial charge in [0.15, 0.2) is 0 Å². The van der Waals surface area contributed by atoms with E-state index in [1.54, 1.807) is 6.92 Å². The summed E-state index contributed by atoms with van der Waals surface area (Å²) in [6.45, 7) is 7.98. The van der Waals surface area contributed by atoms with Crippen LogP contribution in [0.25, 0.3) is 21.3 Å². The van der Waals surface area contributed by atoms with E-state index < -0.39 is 12.0 Å². The van der Waals surface area contributed by atoms with E-state index in [2.05, 4.69) is 11.1 Å². The topological polar surface area (TPSA) is 61.2 Å². The predicted molar refractivity (Wildman–Crippen MR) is 105 cm³/mol. The number of carbonyl (C=O) groups excluding carboxylic acids is 1. The third-order valence-corrected chi connectivity index (χ3v) is 5.36. The molecular formula is C20H22N2O3S. The maximum Gasteiger partial charge on any atom is 0.329 e. The van der Waals surface area contributed by atoms with Crippen molar-refractivity contribution >= 4 is 27.5 Å². The predicted octanol–water partition coefficient (Wildman–Crippen LogP) is 4.26. The lowest BCUT2D eigenvalue weighted by Crippen LogP contribution is -2.31. The number of hydrogen-bond donors (Lipinski definition) is 0. The maximum absolute atomic E-state index is 13.2. The van der Waals surface area contributed by atoms with Crippen LogP contribution in [0, 0.1) is 13.8 Å². The zero-order chi connectivity index (χ0) is 18.8. The molecule has 0 saturated heterocycles. The van der Waals surface area contributed by atoms with Crippen LogP contribution in [-0.2, 0) is 9.53 Å². The van der Waals surface area contributed by atoms with E-state index >= 15 is 0 Å². The Kier molecular flexibility index (Phi) is 5.23. The Morgan fingerprint density at radius 2 is 2.04 bits per heavy atom. The molecule has 26 heavy (non-hydrogen) atoms. The van der Waals surface area contributed by atoms with E-state index in [-0.39, 0.29) is 12.2 Å². The minimum Gasteiger partial charge on any atom is -0.464 e. The summed E-state index contributed by atoms with van der Waals surface area (Å²) in [6, 6.07) is 5.51. The fraction of sp³-hybridized carbons (Fsp3) is 0.350. The minimum atomic E-state index is -0.661. The number of nitrogens with zero attached hydrogens (tertiary/aromatic N) is 2. The number of carbonyl (C=O) groups is 1. The van der Waals surface area contributed by atoms with Gasteiger partial charge in [0, 0.05) is 10.9 Å². The number of aromatic nitrogens is 2. The van der Waals surface area contributed by atoms with E-state index in [0.717, 1.165) is 16.7 Å². The van der Waals surface area contributed by atoms with Gasteiger partial charge in [0.25, 0.3) is 5.56 Å². The molecule has 0 radical (unpaired) electrons. The summed E-state index contributed by atoms with van der Waals surface area (Å²) < 4.78 is 6.52. The van der Waals surface area contributed by atoms with Gasteiger partial charge in [-0.3, -0.25) is 9.36 Å². The molecule has 0 spiro atoms. The Morgan fingerprint density at radius 3 is 2.69 bits per heavy atom. The van der Waals surface area contributed by atoms with Crippen molar-refractivity contribution in [2.45, 2.75) is 40.2 Å². The first-order valence-electron chi connectivity index (χ1n) is 8.70. The van der Waals surface area contributed by atoms with Crippen LogP contribution in [0.4, 0.5) is 0 Å². The molecule has 0 saturated carbocycles. The third kappa shape index (κ3) is 3.17. The number of hydrogen-bond acceptors (Lipinski definition) is 5. The standard InChI is InChI=1S/C20H22N2O3S/c1-5-16(20(24)25-6-2)22-11-21-18-17(19(22)23)15(10-26-18)14-8-7-12(3)9-13(14)4/h7-11,16H,5-6H2,1-4H3. The third-order valence-electron chi connectivity index (χ3n) is 4.47. The van der Waals surface area contributed by atoms with Gasteiger partial charge >= 0.3 is 5.97 Å². The number of thiophene rings is 1. The Hall–Kier alpha value is -2.47. The molecule has 5 nitrogen and oxygen atoms in total. The summed E-state index contributed by atoms with van der Waals surface area (Å²) >= 11 is 1.44. The summed E-state index contributed by atoms with van der Waals surface area (Å²) in [7, 11) is 0. The van der Waals surface area contributed by atoms with Crippen molar-refractivity contribution in [1.82, 2.24) is 9.55 Å². The van der Waals surface area contributed by atoms with Crippen molar-refractivity contribution < 1.29 is 9.53 Å². The average Bonchev–Trinajstić information content (AvgIpc) is 3.02. The number of fused-ring (bicyclic) bond motifs is 1. The second kappa shape index (κ2) is 7.41. The zero-order valence-electron chi connectivity index (χ0n) is 15.4. The van der Waals surface area contributed by atoms with Crippen LogP contribution >= 0.6 is 11.3 Å². The molecular weight excluding hydrogens is 348 g/mol. The molecule has 2 aromatic heterocycles. The number of rotatable bonds is 5. The van der Waals surface area contributed by atoms with E-state index in [4.69, 9.17) is 4.74 Å². The van der Waals surface area contributed by atoms with Crippen LogP contribution < -0.4 is 5.56 Å². The van der Waals surface area contributed by atoms with Gasteiger partial charge in [0.2, 0.25) is 0 Å². The minimum absolute atomic E-state index is 0.203. The monoisotopic (exact) mass is 370 g/mol. The van der Waals surface area contributed by atoms with Crippen LogP contribution in [0.2, 0.25) is 0 Å². The van der Waals surface area contributed by atoms with Gasteiger partial charge in [-0.1, -0.05) is 30.7 Å². The molecule has 6 heteroatoms. The maximum atomic E-state index is 13.2. The fourth-order valence-corrected chi connectivity index (χ4v) is 4.09. The van der Waals surface area contributed by atoms with Crippen molar-refractivity contribution in [1.29, 1.82) is 0 Å². The molecule has 0 aliphatic heterocycles. The Labute approximate surface area is 156 Å². The summed E-state index contributed by atoms with van der Waals surface area (Å²) in [5.41, 5.74) is 3.97. The van der Waals surface area contributed by atoms with E-state index in [1.807, 2.05) is 38.3 Å². The molecule has 0 aliphatic rings. The lowest BCUT2D eigenvalue weighted by molar-refractivity contribution is -0.147. The van der Waals surface area contributed by atoms with Crippen LogP contribution in [0.1, 0.15) is 37.4 Å². The summed E-state index contributed by atoms with van der Waals surface area (Å²) in [4.78, 5) is 30.5. The quantitative estimate of drug-likeness (QED) is 0.630. The van der Waals surface area contributed by atoms with Gasteiger partial charge in [-0.2, -0.15) is 0 Å². The number of esters is 1. The van der Waals surface area contributed by atoms with Gasteiger partial charge in [-0.15, -0.1) is 11.3 Å². The highest BCUT2D eigenvalue weighted by Gasteiger charge is 2.23. The van der Waals surface area contributed by atoms with Crippen LogP contribution in [-0.4, -0.2) is 22.1 Å². The molecule has 3 rings (SSSR count). The second-order valence-electron chi connectivity index (χ2n) is 6.28. The summed E-state index contributed by atoms with van der Waals surface area (Å²) in [5, 5.41) is 2.53. The number of ether oxygens (including phenoxy) is 1.